The van der Waals surface area contributed by atoms with Crippen molar-refractivity contribution in [1.82, 2.24) is 15.5 Å². The number of aromatic amines is 1. The van der Waals surface area contributed by atoms with Crippen molar-refractivity contribution in [3.63, 3.8) is 0 Å². The van der Waals surface area contributed by atoms with Crippen LogP contribution in [0.4, 0.5) is 0 Å². The molecule has 1 saturated heterocycles. The topological polar surface area (TPSA) is 84.1 Å². The number of ether oxygens (including phenoxy) is 1. The maximum absolute atomic E-state index is 11.4. The summed E-state index contributed by atoms with van der Waals surface area (Å²) in [5.41, 5.74) is -0.120. The van der Waals surface area contributed by atoms with Crippen LogP contribution in [0.25, 0.3) is 0 Å². The molecular weight excluding hydrogens is 186 g/mol. The fourth-order valence-electron chi connectivity index (χ4n) is 1.05. The number of nitrogens with zero attached hydrogens (tertiary/aromatic N) is 1. The van der Waals surface area contributed by atoms with E-state index < -0.39 is 0 Å². The maximum atomic E-state index is 11.4. The van der Waals surface area contributed by atoms with Gasteiger partial charge in [-0.2, -0.15) is 5.10 Å². The summed E-state index contributed by atoms with van der Waals surface area (Å²) in [4.78, 5) is 22.1. The number of rotatable bonds is 2. The molecule has 1 aromatic heterocycles. The van der Waals surface area contributed by atoms with Gasteiger partial charge in [0.15, 0.2) is 0 Å². The Morgan fingerprint density at radius 2 is 2.36 bits per heavy atom. The fraction of sp³-hybridized carbons (Fsp3) is 0.375. The summed E-state index contributed by atoms with van der Waals surface area (Å²) in [6.45, 7) is 1.07. The van der Waals surface area contributed by atoms with E-state index in [1.165, 1.54) is 12.1 Å². The summed E-state index contributed by atoms with van der Waals surface area (Å²) in [5, 5.41) is 8.50. The zero-order valence-electron chi connectivity index (χ0n) is 7.32. The minimum atomic E-state index is -0.325. The Bertz CT molecular complexity index is 377. The quantitative estimate of drug-likeness (QED) is 0.627. The molecular formula is C8H9N3O3. The van der Waals surface area contributed by atoms with Gasteiger partial charge in [-0.3, -0.25) is 9.59 Å². The molecule has 1 aliphatic rings. The van der Waals surface area contributed by atoms with E-state index in [1.807, 2.05) is 0 Å². The van der Waals surface area contributed by atoms with E-state index in [4.69, 9.17) is 4.74 Å². The molecule has 14 heavy (non-hydrogen) atoms. The molecule has 2 N–H and O–H groups in total. The molecule has 2 heterocycles. The summed E-state index contributed by atoms with van der Waals surface area (Å²) >= 11 is 0. The molecule has 1 aliphatic heterocycles. The van der Waals surface area contributed by atoms with Gasteiger partial charge in [0.05, 0.1) is 19.3 Å². The Morgan fingerprint density at radius 3 is 2.86 bits per heavy atom. The normalized spacial score (nSPS) is 16.0. The van der Waals surface area contributed by atoms with E-state index in [1.54, 1.807) is 0 Å². The monoisotopic (exact) mass is 195 g/mol. The number of aromatic nitrogens is 2. The first-order valence-electron chi connectivity index (χ1n) is 4.20. The van der Waals surface area contributed by atoms with Crippen LogP contribution in [0, 0.1) is 0 Å². The zero-order chi connectivity index (χ0) is 9.97. The van der Waals surface area contributed by atoms with Gasteiger partial charge in [-0.25, -0.2) is 5.10 Å². The largest absolute Gasteiger partial charge is 0.377 e. The predicted octanol–water partition coefficient (Wildman–Crippen LogP) is -1.10. The Morgan fingerprint density at radius 1 is 1.57 bits per heavy atom. The number of carbonyl (C=O) groups excluding carboxylic acids is 1. The number of hydrogen-bond acceptors (Lipinski definition) is 4. The summed E-state index contributed by atoms with van der Waals surface area (Å²) in [5.74, 6) is -0.297. The van der Waals surface area contributed by atoms with Gasteiger partial charge in [-0.05, 0) is 6.07 Å². The summed E-state index contributed by atoms with van der Waals surface area (Å²) in [7, 11) is 0. The molecule has 6 heteroatoms. The third kappa shape index (κ3) is 1.80. The van der Waals surface area contributed by atoms with Crippen molar-refractivity contribution >= 4 is 5.91 Å². The molecule has 0 saturated carbocycles. The van der Waals surface area contributed by atoms with Gasteiger partial charge >= 0.3 is 0 Å². The van der Waals surface area contributed by atoms with E-state index in [0.717, 1.165) is 0 Å². The van der Waals surface area contributed by atoms with Crippen LogP contribution in [0.5, 0.6) is 0 Å². The van der Waals surface area contributed by atoms with E-state index >= 15 is 0 Å². The second kappa shape index (κ2) is 3.59. The molecule has 6 nitrogen and oxygen atoms in total. The summed E-state index contributed by atoms with van der Waals surface area (Å²) in [6, 6.07) is 2.71. The highest BCUT2D eigenvalue weighted by molar-refractivity contribution is 5.92. The fourth-order valence-corrected chi connectivity index (χ4v) is 1.05. The molecule has 74 valence electrons. The minimum Gasteiger partial charge on any atom is -0.377 e. The van der Waals surface area contributed by atoms with Crippen molar-refractivity contribution in [2.24, 2.45) is 0 Å². The Hall–Kier alpha value is -1.69. The van der Waals surface area contributed by atoms with Crippen molar-refractivity contribution in [2.75, 3.05) is 13.2 Å². The molecule has 0 aliphatic carbocycles. The third-order valence-electron chi connectivity index (χ3n) is 1.89. The molecule has 0 aromatic carbocycles. The molecule has 1 aromatic rings. The first-order chi connectivity index (χ1) is 6.75. The Kier molecular flexibility index (Phi) is 2.28. The van der Waals surface area contributed by atoms with Crippen LogP contribution in [-0.4, -0.2) is 35.4 Å². The van der Waals surface area contributed by atoms with Crippen LogP contribution in [-0.2, 0) is 4.74 Å². The first kappa shape index (κ1) is 8.89. The molecule has 0 spiro atoms. The van der Waals surface area contributed by atoms with Gasteiger partial charge in [0.1, 0.15) is 5.69 Å². The number of H-pyrrole nitrogens is 1. The van der Waals surface area contributed by atoms with Gasteiger partial charge in [-0.1, -0.05) is 0 Å². The van der Waals surface area contributed by atoms with Gasteiger partial charge in [0.2, 0.25) is 0 Å². The van der Waals surface area contributed by atoms with Gasteiger partial charge in [-0.15, -0.1) is 0 Å². The molecule has 0 atom stereocenters. The van der Waals surface area contributed by atoms with Crippen LogP contribution in [0.1, 0.15) is 10.5 Å². The minimum absolute atomic E-state index is 0.0660. The zero-order valence-corrected chi connectivity index (χ0v) is 7.32. The van der Waals surface area contributed by atoms with Crippen molar-refractivity contribution < 1.29 is 9.53 Å². The lowest BCUT2D eigenvalue weighted by molar-refractivity contribution is -0.00356. The molecule has 1 fully saturated rings. The smallest absolute Gasteiger partial charge is 0.272 e. The predicted molar refractivity (Wildman–Crippen MR) is 46.9 cm³/mol. The van der Waals surface area contributed by atoms with Crippen LogP contribution < -0.4 is 10.9 Å². The highest BCUT2D eigenvalue weighted by Gasteiger charge is 2.21. The average molecular weight is 195 g/mol. The average Bonchev–Trinajstić information content (AvgIpc) is 2.12. The Balaban J connectivity index is 2.03. The van der Waals surface area contributed by atoms with Gasteiger partial charge in [0.25, 0.3) is 11.5 Å². The second-order valence-corrected chi connectivity index (χ2v) is 3.01. The van der Waals surface area contributed by atoms with E-state index in [2.05, 4.69) is 15.5 Å². The van der Waals surface area contributed by atoms with E-state index in [-0.39, 0.29) is 23.2 Å². The summed E-state index contributed by atoms with van der Waals surface area (Å²) in [6.07, 6.45) is 0. The lowest BCUT2D eigenvalue weighted by Gasteiger charge is -2.26. The van der Waals surface area contributed by atoms with Crippen LogP contribution >= 0.6 is 0 Å². The van der Waals surface area contributed by atoms with E-state index in [9.17, 15) is 9.59 Å². The Labute approximate surface area is 79.3 Å². The van der Waals surface area contributed by atoms with E-state index in [0.29, 0.717) is 13.2 Å². The summed E-state index contributed by atoms with van der Waals surface area (Å²) < 4.78 is 4.90. The second-order valence-electron chi connectivity index (χ2n) is 3.01. The molecule has 1 amide bonds. The third-order valence-corrected chi connectivity index (χ3v) is 1.89. The molecule has 0 bridgehead atoms. The number of nitrogens with one attached hydrogen (secondary N) is 2. The van der Waals surface area contributed by atoms with Crippen molar-refractivity contribution in [2.45, 2.75) is 6.04 Å². The van der Waals surface area contributed by atoms with Crippen molar-refractivity contribution in [1.29, 1.82) is 0 Å². The van der Waals surface area contributed by atoms with Crippen LogP contribution in [0.3, 0.4) is 0 Å². The first-order valence-corrected chi connectivity index (χ1v) is 4.20. The lowest BCUT2D eigenvalue weighted by atomic mass is 10.2. The lowest BCUT2D eigenvalue weighted by Crippen LogP contribution is -2.48. The standard InChI is InChI=1S/C8H9N3O3/c12-7-2-1-6(10-11-7)8(13)9-5-3-14-4-5/h1-2,5H,3-4H2,(H,9,13)(H,11,12). The van der Waals surface area contributed by atoms with Crippen LogP contribution in [0.15, 0.2) is 16.9 Å². The van der Waals surface area contributed by atoms with Crippen molar-refractivity contribution in [3.8, 4) is 0 Å². The van der Waals surface area contributed by atoms with Crippen molar-refractivity contribution in [3.05, 3.63) is 28.2 Å². The van der Waals surface area contributed by atoms with Gasteiger partial charge in [0, 0.05) is 6.07 Å². The molecule has 0 unspecified atom stereocenters. The molecule has 0 radical (unpaired) electrons. The molecule has 2 rings (SSSR count). The number of carbonyl (C=O) groups is 1. The highest BCUT2D eigenvalue weighted by Crippen LogP contribution is 2.00. The highest BCUT2D eigenvalue weighted by atomic mass is 16.5. The van der Waals surface area contributed by atoms with Crippen LogP contribution in [0.2, 0.25) is 0 Å². The van der Waals surface area contributed by atoms with Gasteiger partial charge < -0.3 is 10.1 Å². The number of hydrogen-bond donors (Lipinski definition) is 2. The number of amides is 1. The maximum Gasteiger partial charge on any atom is 0.272 e. The SMILES string of the molecule is O=C(NC1COC1)c1ccc(=O)[nH]n1.